The maximum absolute atomic E-state index is 12.8. The second-order valence-corrected chi connectivity index (χ2v) is 9.35. The molecule has 3 aromatic rings. The van der Waals surface area contributed by atoms with Crippen LogP contribution in [0.15, 0.2) is 70.3 Å². The quantitative estimate of drug-likeness (QED) is 0.450. The summed E-state index contributed by atoms with van der Waals surface area (Å²) < 4.78 is 1.99. The van der Waals surface area contributed by atoms with Crippen LogP contribution in [0.5, 0.6) is 0 Å². The zero-order valence-corrected chi connectivity index (χ0v) is 20.0. The number of aromatic nitrogens is 1. The van der Waals surface area contributed by atoms with Gasteiger partial charge >= 0.3 is 0 Å². The van der Waals surface area contributed by atoms with E-state index in [0.29, 0.717) is 20.3 Å². The Kier molecular flexibility index (Phi) is 5.48. The summed E-state index contributed by atoms with van der Waals surface area (Å²) in [5.74, 6) is -0.463. The number of hydrazone groups is 1. The highest BCUT2D eigenvalue weighted by atomic mass is 35.5. The highest BCUT2D eigenvalue weighted by molar-refractivity contribution is 8.27. The summed E-state index contributed by atoms with van der Waals surface area (Å²) in [5, 5.41) is 16.8. The van der Waals surface area contributed by atoms with Crippen molar-refractivity contribution in [3.05, 3.63) is 92.7 Å². The monoisotopic (exact) mass is 493 g/mol. The molecule has 3 heterocycles. The van der Waals surface area contributed by atoms with Gasteiger partial charge in [0, 0.05) is 22.0 Å². The SMILES string of the molecule is Cc1cc(C=C2C(=N)N3N=C(c4ccccc4)SC3=NC2=O)c(C)n1-c1ccc(Cl)cc1Cl. The van der Waals surface area contributed by atoms with Gasteiger partial charge in [0.05, 0.1) is 16.3 Å². The van der Waals surface area contributed by atoms with E-state index in [9.17, 15) is 4.79 Å². The Morgan fingerprint density at radius 1 is 1.06 bits per heavy atom. The number of nitrogens with one attached hydrogen (secondary N) is 1. The number of aliphatic imine (C=N–C) groups is 1. The van der Waals surface area contributed by atoms with Gasteiger partial charge in [0.1, 0.15) is 5.04 Å². The molecule has 5 rings (SSSR count). The first-order chi connectivity index (χ1) is 15.8. The first-order valence-corrected chi connectivity index (χ1v) is 11.6. The summed E-state index contributed by atoms with van der Waals surface area (Å²) in [6, 6.07) is 16.9. The van der Waals surface area contributed by atoms with Crippen LogP contribution in [-0.2, 0) is 4.79 Å². The predicted molar refractivity (Wildman–Crippen MR) is 136 cm³/mol. The maximum atomic E-state index is 12.8. The van der Waals surface area contributed by atoms with Gasteiger partial charge in [-0.1, -0.05) is 53.5 Å². The number of nitrogens with zero attached hydrogens (tertiary/aromatic N) is 4. The fourth-order valence-electron chi connectivity index (χ4n) is 3.81. The van der Waals surface area contributed by atoms with Crippen molar-refractivity contribution in [2.45, 2.75) is 13.8 Å². The molecule has 0 unspecified atom stereocenters. The van der Waals surface area contributed by atoms with Crippen LogP contribution < -0.4 is 0 Å². The third-order valence-corrected chi connectivity index (χ3v) is 6.89. The number of hydrogen-bond donors (Lipinski definition) is 1. The van der Waals surface area contributed by atoms with Crippen LogP contribution in [0.3, 0.4) is 0 Å². The lowest BCUT2D eigenvalue weighted by Crippen LogP contribution is -2.35. The Bertz CT molecular complexity index is 1420. The van der Waals surface area contributed by atoms with Gasteiger partial charge in [-0.3, -0.25) is 10.2 Å². The van der Waals surface area contributed by atoms with Crippen LogP contribution in [0.25, 0.3) is 11.8 Å². The molecule has 0 aliphatic carbocycles. The number of benzene rings is 2. The molecule has 0 saturated heterocycles. The molecule has 9 heteroatoms. The maximum Gasteiger partial charge on any atom is 0.283 e. The number of amides is 1. The van der Waals surface area contributed by atoms with E-state index < -0.39 is 5.91 Å². The Labute approximate surface area is 204 Å². The molecular formula is C24H17Cl2N5OS. The van der Waals surface area contributed by atoms with Crippen molar-refractivity contribution in [3.63, 3.8) is 0 Å². The van der Waals surface area contributed by atoms with Crippen molar-refractivity contribution in [3.8, 4) is 5.69 Å². The molecule has 0 radical (unpaired) electrons. The molecular weight excluding hydrogens is 477 g/mol. The van der Waals surface area contributed by atoms with Crippen molar-refractivity contribution in [2.24, 2.45) is 10.1 Å². The van der Waals surface area contributed by atoms with E-state index in [2.05, 4.69) is 10.1 Å². The van der Waals surface area contributed by atoms with E-state index in [0.717, 1.165) is 28.2 Å². The molecule has 2 aromatic carbocycles. The average molecular weight is 494 g/mol. The van der Waals surface area contributed by atoms with E-state index in [1.165, 1.54) is 16.8 Å². The van der Waals surface area contributed by atoms with Crippen molar-refractivity contribution in [1.29, 1.82) is 5.41 Å². The van der Waals surface area contributed by atoms with Gasteiger partial charge < -0.3 is 4.57 Å². The fraction of sp³-hybridized carbons (Fsp3) is 0.0833. The number of rotatable bonds is 3. The number of hydrogen-bond acceptors (Lipinski definition) is 4. The van der Waals surface area contributed by atoms with Gasteiger partial charge in [-0.2, -0.15) is 15.1 Å². The molecule has 2 aliphatic rings. The molecule has 1 aromatic heterocycles. The second kappa shape index (κ2) is 8.33. The first kappa shape index (κ1) is 21.7. The number of aryl methyl sites for hydroxylation is 1. The normalized spacial score (nSPS) is 16.8. The van der Waals surface area contributed by atoms with Crippen molar-refractivity contribution >= 4 is 63.0 Å². The third kappa shape index (κ3) is 3.82. The van der Waals surface area contributed by atoms with Gasteiger partial charge in [0.15, 0.2) is 5.84 Å². The number of fused-ring (bicyclic) bond motifs is 1. The van der Waals surface area contributed by atoms with Crippen molar-refractivity contribution in [2.75, 3.05) is 0 Å². The van der Waals surface area contributed by atoms with E-state index in [4.69, 9.17) is 28.6 Å². The highest BCUT2D eigenvalue weighted by Crippen LogP contribution is 2.33. The summed E-state index contributed by atoms with van der Waals surface area (Å²) in [6.07, 6.45) is 1.69. The van der Waals surface area contributed by atoms with Gasteiger partial charge in [-0.25, -0.2) is 0 Å². The molecule has 0 atom stereocenters. The number of halogens is 2. The molecule has 6 nitrogen and oxygen atoms in total. The Hall–Kier alpha value is -3.13. The standard InChI is InChI=1S/C24H17Cl2N5OS/c1-13-10-16(14(2)30(13)20-9-8-17(25)12-19(20)26)11-18-21(27)31-24(28-22(18)32)33-23(29-31)15-6-4-3-5-7-15/h3-12,27H,1-2H3. The van der Waals surface area contributed by atoms with Crippen molar-refractivity contribution < 1.29 is 4.79 Å². The van der Waals surface area contributed by atoms with Crippen LogP contribution in [0.1, 0.15) is 22.5 Å². The first-order valence-electron chi connectivity index (χ1n) is 10.0. The summed E-state index contributed by atoms with van der Waals surface area (Å²) in [7, 11) is 0. The van der Waals surface area contributed by atoms with Crippen LogP contribution in [0.4, 0.5) is 0 Å². The van der Waals surface area contributed by atoms with E-state index in [1.807, 2.05) is 60.9 Å². The molecule has 164 valence electrons. The molecule has 0 bridgehead atoms. The number of thioether (sulfide) groups is 1. The second-order valence-electron chi connectivity index (χ2n) is 7.55. The zero-order valence-electron chi connectivity index (χ0n) is 17.6. The topological polar surface area (TPSA) is 73.8 Å². The smallest absolute Gasteiger partial charge is 0.283 e. The Balaban J connectivity index is 1.53. The van der Waals surface area contributed by atoms with E-state index in [-0.39, 0.29) is 11.4 Å². The lowest BCUT2D eigenvalue weighted by Gasteiger charge is -2.20. The summed E-state index contributed by atoms with van der Waals surface area (Å²) in [4.78, 5) is 17.0. The van der Waals surface area contributed by atoms with Crippen LogP contribution in [-0.4, -0.2) is 31.5 Å². The molecule has 1 N–H and O–H groups in total. The molecule has 0 saturated carbocycles. The van der Waals surface area contributed by atoms with Crippen LogP contribution in [0, 0.1) is 19.3 Å². The average Bonchev–Trinajstić information content (AvgIpc) is 3.33. The van der Waals surface area contributed by atoms with Crippen LogP contribution >= 0.6 is 35.0 Å². The van der Waals surface area contributed by atoms with Gasteiger partial charge in [-0.15, -0.1) is 0 Å². The molecule has 2 aliphatic heterocycles. The number of amidine groups is 2. The van der Waals surface area contributed by atoms with Gasteiger partial charge in [0.2, 0.25) is 5.17 Å². The van der Waals surface area contributed by atoms with E-state index in [1.54, 1.807) is 18.2 Å². The molecule has 33 heavy (non-hydrogen) atoms. The Morgan fingerprint density at radius 2 is 1.82 bits per heavy atom. The largest absolute Gasteiger partial charge is 0.316 e. The summed E-state index contributed by atoms with van der Waals surface area (Å²) in [6.45, 7) is 3.89. The van der Waals surface area contributed by atoms with Gasteiger partial charge in [-0.05, 0) is 61.5 Å². The Morgan fingerprint density at radius 3 is 2.55 bits per heavy atom. The summed E-state index contributed by atoms with van der Waals surface area (Å²) >= 11 is 13.8. The number of carbonyl (C=O) groups excluding carboxylic acids is 1. The highest BCUT2D eigenvalue weighted by Gasteiger charge is 2.36. The lowest BCUT2D eigenvalue weighted by atomic mass is 10.1. The summed E-state index contributed by atoms with van der Waals surface area (Å²) in [5.41, 5.74) is 4.49. The lowest BCUT2D eigenvalue weighted by molar-refractivity contribution is -0.114. The number of carbonyl (C=O) groups is 1. The fourth-order valence-corrected chi connectivity index (χ4v) is 5.20. The minimum absolute atomic E-state index is 0.00207. The molecule has 0 spiro atoms. The minimum atomic E-state index is -0.461. The third-order valence-electron chi connectivity index (χ3n) is 5.40. The zero-order chi connectivity index (χ0) is 23.3. The van der Waals surface area contributed by atoms with Gasteiger partial charge in [0.25, 0.3) is 5.91 Å². The minimum Gasteiger partial charge on any atom is -0.316 e. The molecule has 0 fully saturated rings. The van der Waals surface area contributed by atoms with Crippen molar-refractivity contribution in [1.82, 2.24) is 9.58 Å². The predicted octanol–water partition coefficient (Wildman–Crippen LogP) is 6.07. The van der Waals surface area contributed by atoms with Crippen LogP contribution in [0.2, 0.25) is 10.0 Å². The van der Waals surface area contributed by atoms with E-state index >= 15 is 0 Å². The molecule has 1 amide bonds.